The summed E-state index contributed by atoms with van der Waals surface area (Å²) in [6.07, 6.45) is -0.140. The Morgan fingerprint density at radius 1 is 1.10 bits per heavy atom. The summed E-state index contributed by atoms with van der Waals surface area (Å²) in [5, 5.41) is 15.7. The number of rotatable bonds is 4. The summed E-state index contributed by atoms with van der Waals surface area (Å²) in [7, 11) is 0. The maximum atomic E-state index is 13.0. The van der Waals surface area contributed by atoms with Gasteiger partial charge < -0.3 is 5.32 Å². The van der Waals surface area contributed by atoms with Crippen LogP contribution in [-0.2, 0) is 11.0 Å². The molecule has 29 heavy (non-hydrogen) atoms. The number of aromatic nitrogens is 6. The van der Waals surface area contributed by atoms with E-state index in [4.69, 9.17) is 0 Å². The standard InChI is InChI=1S/C17H12F3N7OS/c18-17(19,20)10-3-4-13-23-24-16(26(13)7-10)29-14-6-5-12-21-11(8-27(12)25-14)22-15(28)9-1-2-9/h3-9H,1-2H2,(H,22,28). The Bertz CT molecular complexity index is 1250. The Labute approximate surface area is 165 Å². The third-order valence-electron chi connectivity index (χ3n) is 4.39. The zero-order valence-electron chi connectivity index (χ0n) is 14.6. The van der Waals surface area contributed by atoms with Gasteiger partial charge >= 0.3 is 6.18 Å². The second-order valence-corrected chi connectivity index (χ2v) is 7.58. The Kier molecular flexibility index (Phi) is 3.98. The lowest BCUT2D eigenvalue weighted by Gasteiger charge is -2.07. The van der Waals surface area contributed by atoms with Gasteiger partial charge in [-0.15, -0.1) is 10.2 Å². The molecule has 0 aliphatic heterocycles. The van der Waals surface area contributed by atoms with Crippen LogP contribution in [-0.4, -0.2) is 35.1 Å². The van der Waals surface area contributed by atoms with Crippen molar-refractivity contribution in [3.05, 3.63) is 42.2 Å². The SMILES string of the molecule is O=C(Nc1cn2nc(Sc3nnc4ccc(C(F)(F)F)cn34)ccc2n1)C1CC1. The van der Waals surface area contributed by atoms with Crippen molar-refractivity contribution in [2.24, 2.45) is 5.92 Å². The van der Waals surface area contributed by atoms with Crippen LogP contribution >= 0.6 is 11.8 Å². The van der Waals surface area contributed by atoms with Crippen LogP contribution in [0.15, 0.2) is 46.8 Å². The monoisotopic (exact) mass is 419 g/mol. The lowest BCUT2D eigenvalue weighted by Crippen LogP contribution is -2.13. The summed E-state index contributed by atoms with van der Waals surface area (Å²) in [6, 6.07) is 5.60. The predicted molar refractivity (Wildman–Crippen MR) is 96.5 cm³/mol. The fraction of sp³-hybridized carbons (Fsp3) is 0.235. The molecule has 0 atom stereocenters. The van der Waals surface area contributed by atoms with Gasteiger partial charge in [-0.05, 0) is 48.9 Å². The molecule has 1 saturated carbocycles. The number of carbonyl (C=O) groups is 1. The highest BCUT2D eigenvalue weighted by atomic mass is 32.2. The van der Waals surface area contributed by atoms with Crippen molar-refractivity contribution < 1.29 is 18.0 Å². The summed E-state index contributed by atoms with van der Waals surface area (Å²) in [5.41, 5.74) is 0.0425. The molecule has 12 heteroatoms. The highest BCUT2D eigenvalue weighted by molar-refractivity contribution is 7.99. The van der Waals surface area contributed by atoms with Crippen LogP contribution in [0.4, 0.5) is 19.0 Å². The summed E-state index contributed by atoms with van der Waals surface area (Å²) in [5.74, 6) is 0.402. The molecule has 1 fully saturated rings. The molecule has 0 aromatic carbocycles. The minimum Gasteiger partial charge on any atom is -0.309 e. The molecule has 4 heterocycles. The number of imidazole rings is 1. The lowest BCUT2D eigenvalue weighted by atomic mass is 10.3. The van der Waals surface area contributed by atoms with Crippen molar-refractivity contribution in [3.8, 4) is 0 Å². The highest BCUT2D eigenvalue weighted by Crippen LogP contribution is 2.32. The Morgan fingerprint density at radius 3 is 2.66 bits per heavy atom. The molecule has 0 unspecified atom stereocenters. The molecule has 0 spiro atoms. The van der Waals surface area contributed by atoms with Gasteiger partial charge in [0.25, 0.3) is 0 Å². The highest BCUT2D eigenvalue weighted by Gasteiger charge is 2.31. The van der Waals surface area contributed by atoms with Crippen LogP contribution in [0.2, 0.25) is 0 Å². The normalized spacial score (nSPS) is 14.6. The van der Waals surface area contributed by atoms with E-state index < -0.39 is 11.7 Å². The van der Waals surface area contributed by atoms with E-state index in [0.717, 1.165) is 36.9 Å². The molecule has 0 radical (unpaired) electrons. The topological polar surface area (TPSA) is 89.5 Å². The number of fused-ring (bicyclic) bond motifs is 2. The molecule has 5 rings (SSSR count). The average molecular weight is 419 g/mol. The van der Waals surface area contributed by atoms with Crippen LogP contribution in [0.5, 0.6) is 0 Å². The molecule has 8 nitrogen and oxygen atoms in total. The number of hydrogen-bond donors (Lipinski definition) is 1. The van der Waals surface area contributed by atoms with Gasteiger partial charge in [-0.2, -0.15) is 18.3 Å². The lowest BCUT2D eigenvalue weighted by molar-refractivity contribution is -0.137. The maximum Gasteiger partial charge on any atom is 0.417 e. The van der Waals surface area contributed by atoms with Gasteiger partial charge in [0.15, 0.2) is 17.1 Å². The summed E-state index contributed by atoms with van der Waals surface area (Å²) in [4.78, 5) is 16.2. The Hall–Kier alpha value is -3.15. The number of pyridine rings is 1. The van der Waals surface area contributed by atoms with Gasteiger partial charge in [-0.3, -0.25) is 9.20 Å². The number of alkyl halides is 3. The van der Waals surface area contributed by atoms with Gasteiger partial charge in [-0.25, -0.2) is 9.50 Å². The Balaban J connectivity index is 1.43. The van der Waals surface area contributed by atoms with E-state index in [1.165, 1.54) is 15.0 Å². The van der Waals surface area contributed by atoms with Crippen molar-refractivity contribution in [1.82, 2.24) is 29.2 Å². The first-order valence-corrected chi connectivity index (χ1v) is 9.45. The first-order chi connectivity index (χ1) is 13.9. The molecule has 1 aliphatic carbocycles. The van der Waals surface area contributed by atoms with E-state index in [1.54, 1.807) is 18.3 Å². The van der Waals surface area contributed by atoms with Crippen molar-refractivity contribution in [3.63, 3.8) is 0 Å². The second-order valence-electron chi connectivity index (χ2n) is 6.59. The number of nitrogens with one attached hydrogen (secondary N) is 1. The quantitative estimate of drug-likeness (QED) is 0.546. The van der Waals surface area contributed by atoms with E-state index in [1.807, 2.05) is 0 Å². The van der Waals surface area contributed by atoms with Crippen LogP contribution in [0.3, 0.4) is 0 Å². The number of hydrogen-bond acceptors (Lipinski definition) is 6. The molecule has 4 aromatic heterocycles. The van der Waals surface area contributed by atoms with Gasteiger partial charge in [-0.1, -0.05) is 0 Å². The molecular formula is C17H12F3N7OS. The van der Waals surface area contributed by atoms with E-state index in [0.29, 0.717) is 22.1 Å². The van der Waals surface area contributed by atoms with Crippen LogP contribution in [0.25, 0.3) is 11.3 Å². The summed E-state index contributed by atoms with van der Waals surface area (Å²) >= 11 is 1.07. The molecule has 0 saturated heterocycles. The third-order valence-corrected chi connectivity index (χ3v) is 5.28. The van der Waals surface area contributed by atoms with Gasteiger partial charge in [0, 0.05) is 12.1 Å². The molecule has 1 aliphatic rings. The van der Waals surface area contributed by atoms with Crippen molar-refractivity contribution >= 4 is 34.8 Å². The molecular weight excluding hydrogens is 407 g/mol. The predicted octanol–water partition coefficient (Wildman–Crippen LogP) is 3.29. The fourth-order valence-corrected chi connectivity index (χ4v) is 3.53. The zero-order chi connectivity index (χ0) is 20.2. The van der Waals surface area contributed by atoms with E-state index in [9.17, 15) is 18.0 Å². The largest absolute Gasteiger partial charge is 0.417 e. The van der Waals surface area contributed by atoms with Crippen LogP contribution in [0, 0.1) is 5.92 Å². The molecule has 148 valence electrons. The van der Waals surface area contributed by atoms with Gasteiger partial charge in [0.05, 0.1) is 11.8 Å². The number of carbonyl (C=O) groups excluding carboxylic acids is 1. The van der Waals surface area contributed by atoms with Crippen LogP contribution in [0.1, 0.15) is 18.4 Å². The van der Waals surface area contributed by atoms with E-state index in [2.05, 4.69) is 25.6 Å². The molecule has 0 bridgehead atoms. The van der Waals surface area contributed by atoms with E-state index >= 15 is 0 Å². The number of amides is 1. The third kappa shape index (κ3) is 3.50. The fourth-order valence-electron chi connectivity index (χ4n) is 2.75. The average Bonchev–Trinajstić information content (AvgIpc) is 3.35. The summed E-state index contributed by atoms with van der Waals surface area (Å²) in [6.45, 7) is 0. The first kappa shape index (κ1) is 17.9. The summed E-state index contributed by atoms with van der Waals surface area (Å²) < 4.78 is 41.7. The zero-order valence-corrected chi connectivity index (χ0v) is 15.4. The number of anilines is 1. The van der Waals surface area contributed by atoms with Gasteiger partial charge in [0.2, 0.25) is 11.1 Å². The molecule has 1 amide bonds. The molecule has 4 aromatic rings. The Morgan fingerprint density at radius 2 is 1.90 bits per heavy atom. The number of nitrogens with zero attached hydrogens (tertiary/aromatic N) is 6. The minimum atomic E-state index is -4.46. The molecule has 1 N–H and O–H groups in total. The maximum absolute atomic E-state index is 13.0. The second kappa shape index (κ2) is 6.44. The van der Waals surface area contributed by atoms with Crippen molar-refractivity contribution in [1.29, 1.82) is 0 Å². The van der Waals surface area contributed by atoms with Crippen molar-refractivity contribution in [2.75, 3.05) is 5.32 Å². The van der Waals surface area contributed by atoms with E-state index in [-0.39, 0.29) is 17.0 Å². The minimum absolute atomic E-state index is 0.0570. The number of halogens is 3. The first-order valence-electron chi connectivity index (χ1n) is 8.64. The van der Waals surface area contributed by atoms with Crippen LogP contribution < -0.4 is 5.32 Å². The van der Waals surface area contributed by atoms with Crippen molar-refractivity contribution in [2.45, 2.75) is 29.2 Å². The van der Waals surface area contributed by atoms with Gasteiger partial charge in [0.1, 0.15) is 5.03 Å². The smallest absolute Gasteiger partial charge is 0.309 e.